The number of quaternary nitrogens is 2. The molecule has 0 heterocycles. The van der Waals surface area contributed by atoms with E-state index in [1.54, 1.807) is 27.7 Å². The van der Waals surface area contributed by atoms with Crippen molar-refractivity contribution < 1.29 is 48.4 Å². The second-order valence-electron chi connectivity index (χ2n) is 11.4. The summed E-state index contributed by atoms with van der Waals surface area (Å²) in [6, 6.07) is 5.96. The summed E-state index contributed by atoms with van der Waals surface area (Å²) in [7, 11) is 4.45. The predicted molar refractivity (Wildman–Crippen MR) is 238 cm³/mol. The maximum absolute atomic E-state index is 12.4. The first-order chi connectivity index (χ1) is 21.6. The molecule has 2 aromatic carbocycles. The summed E-state index contributed by atoms with van der Waals surface area (Å²) >= 11 is 2.42. The van der Waals surface area contributed by atoms with E-state index < -0.39 is 9.85 Å². The van der Waals surface area contributed by atoms with Gasteiger partial charge >= 0.3 is 29.2 Å². The summed E-state index contributed by atoms with van der Waals surface area (Å²) in [5.41, 5.74) is 4.30. The normalized spacial score (nSPS) is 9.53. The van der Waals surface area contributed by atoms with Crippen molar-refractivity contribution in [2.24, 2.45) is 0 Å². The fraction of sp³-hybridized carbons (Fsp3) is 0.622. The minimum absolute atomic E-state index is 0. The molecule has 2 N–H and O–H groups in total. The summed E-state index contributed by atoms with van der Waals surface area (Å²) in [5, 5.41) is 27.6. The van der Waals surface area contributed by atoms with Crippen LogP contribution in [-0.2, 0) is 29.6 Å². The van der Waals surface area contributed by atoms with E-state index in [9.17, 15) is 29.8 Å². The molecule has 2 amide bonds. The molecule has 0 fully saturated rings. The number of carbonyl (C=O) groups excluding carboxylic acids is 2. The van der Waals surface area contributed by atoms with Crippen LogP contribution in [0.5, 0.6) is 0 Å². The van der Waals surface area contributed by atoms with Crippen LogP contribution >= 0.6 is 45.6 Å². The zero-order valence-electron chi connectivity index (χ0n) is 29.7. The third-order valence-corrected chi connectivity index (χ3v) is 8.97. The summed E-state index contributed by atoms with van der Waals surface area (Å²) in [6.45, 7) is 25.9. The molecule has 0 atom stereocenters. The number of benzene rings is 2. The van der Waals surface area contributed by atoms with E-state index in [4.69, 9.17) is 0 Å². The van der Waals surface area contributed by atoms with E-state index in [-0.39, 0.29) is 96.7 Å². The van der Waals surface area contributed by atoms with Crippen LogP contribution in [0.1, 0.15) is 101 Å². The molecule has 0 aliphatic rings. The summed E-state index contributed by atoms with van der Waals surface area (Å²) in [5.74, 6) is -0.101. The fourth-order valence-electron chi connectivity index (χ4n) is 5.47. The Morgan fingerprint density at radius 1 is 0.585 bits per heavy atom. The van der Waals surface area contributed by atoms with Gasteiger partial charge in [-0.1, -0.05) is 37.1 Å². The summed E-state index contributed by atoms with van der Waals surface area (Å²) in [6.07, 6.45) is 0. The Balaban J connectivity index is -0.000000108. The van der Waals surface area contributed by atoms with Crippen molar-refractivity contribution in [3.8, 4) is 0 Å². The van der Waals surface area contributed by atoms with Gasteiger partial charge < -0.3 is 19.6 Å². The third-order valence-electron chi connectivity index (χ3n) is 8.97. The van der Waals surface area contributed by atoms with E-state index in [0.29, 0.717) is 46.7 Å². The Kier molecular flexibility index (Phi) is 43.7. The molecule has 2 aromatic rings. The number of amides is 2. The average Bonchev–Trinajstić information content (AvgIpc) is 3.03. The number of nitro benzene ring substituents is 2. The van der Waals surface area contributed by atoms with Gasteiger partial charge in [-0.3, -0.25) is 29.8 Å². The van der Waals surface area contributed by atoms with Crippen molar-refractivity contribution in [2.45, 2.75) is 106 Å². The number of carbonyl (C=O) groups is 2. The van der Waals surface area contributed by atoms with E-state index in [1.807, 2.05) is 0 Å². The fourth-order valence-corrected chi connectivity index (χ4v) is 5.47. The van der Waals surface area contributed by atoms with Crippen molar-refractivity contribution in [3.63, 3.8) is 0 Å². The molecule has 0 unspecified atom stereocenters. The molecule has 0 spiro atoms. The van der Waals surface area contributed by atoms with Crippen molar-refractivity contribution in [3.05, 3.63) is 66.7 Å². The molecule has 0 saturated heterocycles. The Bertz CT molecular complexity index is 1200. The second-order valence-corrected chi connectivity index (χ2v) is 11.4. The van der Waals surface area contributed by atoms with Crippen LogP contribution in [-0.4, -0.2) is 83.0 Å². The number of hydrogen-bond acceptors (Lipinski definition) is 6. The van der Waals surface area contributed by atoms with Gasteiger partial charge in [0.1, 0.15) is 0 Å². The average molecular weight is 1000 g/mol. The molecule has 12 nitrogen and oxygen atoms in total. The van der Waals surface area contributed by atoms with Gasteiger partial charge in [0.05, 0.1) is 49.1 Å². The number of nitrogens with zero attached hydrogens (tertiary/aromatic N) is 4. The van der Waals surface area contributed by atoms with Gasteiger partial charge in [-0.2, -0.15) is 0 Å². The van der Waals surface area contributed by atoms with Crippen LogP contribution in [0.3, 0.4) is 0 Å². The van der Waals surface area contributed by atoms with Crippen molar-refractivity contribution in [1.29, 1.82) is 0 Å². The number of likely N-dealkylation sites (N-methyl/N-ethyl adjacent to an activating group) is 2. The number of nitrogens with one attached hydrogen (secondary N) is 2. The first-order valence-corrected chi connectivity index (χ1v) is 17.4. The van der Waals surface area contributed by atoms with Gasteiger partial charge in [0.25, 0.3) is 23.2 Å². The van der Waals surface area contributed by atoms with Gasteiger partial charge in [-0.15, -0.1) is 36.4 Å². The van der Waals surface area contributed by atoms with Gasteiger partial charge in [-0.05, 0) is 91.5 Å². The first kappa shape index (κ1) is 69.1. The summed E-state index contributed by atoms with van der Waals surface area (Å²) < 4.78 is 1.47. The van der Waals surface area contributed by atoms with Crippen molar-refractivity contribution >= 4 is 80.1 Å². The number of nitro groups is 2. The molecule has 0 bridgehead atoms. The van der Waals surface area contributed by atoms with Crippen LogP contribution < -0.4 is 10.6 Å². The van der Waals surface area contributed by atoms with Crippen molar-refractivity contribution in [2.75, 3.05) is 63.0 Å². The molecule has 53 heavy (non-hydrogen) atoms. The van der Waals surface area contributed by atoms with Crippen molar-refractivity contribution in [1.82, 2.24) is 0 Å². The van der Waals surface area contributed by atoms with Gasteiger partial charge in [-0.25, -0.2) is 0 Å². The molecule has 0 aliphatic heterocycles. The molecule has 16 heteroatoms. The standard InChI is InChI=1S/2C16H25N3O3.5CH4.Ag.2ClH.HI/c2*1-6-19(7-2,8-3)11-15(20)17-16-12(4)9-14(18(21)22)10-13(16)5;;;;;;;;;/h2*9-10H,6-8,11H2,1-5H3;5*1H4;;3*1H/q;;;;;;;+1;;;/p+1. The Hall–Kier alpha value is -1.85. The molecule has 2 rings (SSSR count). The molecular weight excluding hydrogens is 930 g/mol. The molecule has 0 aromatic heterocycles. The van der Waals surface area contributed by atoms with Crippen LogP contribution in [0.2, 0.25) is 0 Å². The van der Waals surface area contributed by atoms with Crippen LogP contribution in [0.25, 0.3) is 0 Å². The van der Waals surface area contributed by atoms with Gasteiger partial charge in [0.2, 0.25) is 0 Å². The maximum atomic E-state index is 12.4. The van der Waals surface area contributed by atoms with Crippen LogP contribution in [0.15, 0.2) is 24.3 Å². The monoisotopic (exact) mass is 1000 g/mol. The third kappa shape index (κ3) is 21.1. The second kappa shape index (κ2) is 33.5. The number of anilines is 2. The topological polar surface area (TPSA) is 144 Å². The molecule has 0 aliphatic carbocycles. The number of rotatable bonds is 14. The van der Waals surface area contributed by atoms with Crippen LogP contribution in [0.4, 0.5) is 22.7 Å². The van der Waals surface area contributed by atoms with Gasteiger partial charge in [0.15, 0.2) is 13.1 Å². The molecular formula is C37H74AgCl2IN6O6+2. The number of halogens is 3. The van der Waals surface area contributed by atoms with E-state index in [2.05, 4.69) is 81.4 Å². The summed E-state index contributed by atoms with van der Waals surface area (Å²) in [4.78, 5) is 45.6. The zero-order valence-corrected chi connectivity index (χ0v) is 35.1. The Morgan fingerprint density at radius 3 is 0.925 bits per heavy atom. The van der Waals surface area contributed by atoms with E-state index in [1.165, 1.54) is 24.3 Å². The predicted octanol–water partition coefficient (Wildman–Crippen LogP) is 11.0. The SMILES string of the molecule is C.C.C.C.C.CC[N+](CC)(CC)CC(=O)Nc1c(C)cc([N+](=O)[O-])cc1C.CC[N+](CC)(CC)CC(=O)Nc1c(C)cc([N+](=O)[O-])cc1C.Cl.I.[Cl][Ag]. The zero-order chi connectivity index (χ0) is 35.8. The van der Waals surface area contributed by atoms with E-state index >= 15 is 0 Å². The quantitative estimate of drug-likeness (QED) is 0.0634. The Labute approximate surface area is 362 Å². The van der Waals surface area contributed by atoms with Gasteiger partial charge in [0, 0.05) is 35.6 Å². The first-order valence-electron chi connectivity index (χ1n) is 15.5. The molecule has 0 saturated carbocycles. The minimum atomic E-state index is -0.418. The number of non-ortho nitro benzene ring substituents is 2. The van der Waals surface area contributed by atoms with Crippen LogP contribution in [0, 0.1) is 47.9 Å². The number of hydrogen-bond donors (Lipinski definition) is 2. The molecule has 318 valence electrons. The molecule has 0 radical (unpaired) electrons. The number of aryl methyl sites for hydroxylation is 4. The van der Waals surface area contributed by atoms with E-state index in [0.717, 1.165) is 48.2 Å². The Morgan fingerprint density at radius 2 is 0.774 bits per heavy atom.